The van der Waals surface area contributed by atoms with E-state index >= 15 is 0 Å². The number of nitrogens with zero attached hydrogens (tertiary/aromatic N) is 2. The SMILES string of the molecule is CCNc1nc(CSc2ccc(F)cc2)nc2c1CSC2. The first-order valence-corrected chi connectivity index (χ1v) is 8.99. The summed E-state index contributed by atoms with van der Waals surface area (Å²) in [5.41, 5.74) is 2.40. The van der Waals surface area contributed by atoms with E-state index in [1.807, 2.05) is 11.8 Å². The largest absolute Gasteiger partial charge is 0.370 e. The lowest BCUT2D eigenvalue weighted by Crippen LogP contribution is -2.08. The van der Waals surface area contributed by atoms with Gasteiger partial charge in [0.1, 0.15) is 17.5 Å². The summed E-state index contributed by atoms with van der Waals surface area (Å²) in [6.07, 6.45) is 0. The van der Waals surface area contributed by atoms with Crippen LogP contribution in [0, 0.1) is 5.82 Å². The van der Waals surface area contributed by atoms with Gasteiger partial charge in [-0.15, -0.1) is 11.8 Å². The molecular weight excluding hydrogens is 305 g/mol. The fourth-order valence-electron chi connectivity index (χ4n) is 2.16. The second-order valence-electron chi connectivity index (χ2n) is 4.68. The number of halogens is 1. The molecule has 2 heterocycles. The highest BCUT2D eigenvalue weighted by Gasteiger charge is 2.19. The van der Waals surface area contributed by atoms with E-state index in [0.717, 1.165) is 40.3 Å². The summed E-state index contributed by atoms with van der Waals surface area (Å²) in [6, 6.07) is 6.53. The lowest BCUT2D eigenvalue weighted by atomic mass is 10.2. The predicted octanol–water partition coefficient (Wildman–Crippen LogP) is 4.09. The maximum atomic E-state index is 12.9. The Morgan fingerprint density at radius 3 is 2.81 bits per heavy atom. The van der Waals surface area contributed by atoms with Crippen LogP contribution in [0.15, 0.2) is 29.2 Å². The fraction of sp³-hybridized carbons (Fsp3) is 0.333. The zero-order chi connectivity index (χ0) is 14.7. The van der Waals surface area contributed by atoms with Gasteiger partial charge in [-0.1, -0.05) is 0 Å². The van der Waals surface area contributed by atoms with Crippen LogP contribution in [-0.4, -0.2) is 16.5 Å². The van der Waals surface area contributed by atoms with Gasteiger partial charge < -0.3 is 5.32 Å². The van der Waals surface area contributed by atoms with E-state index < -0.39 is 0 Å². The van der Waals surface area contributed by atoms with Crippen LogP contribution >= 0.6 is 23.5 Å². The van der Waals surface area contributed by atoms with Gasteiger partial charge in [0.2, 0.25) is 0 Å². The molecule has 0 spiro atoms. The number of hydrogen-bond acceptors (Lipinski definition) is 5. The Morgan fingerprint density at radius 1 is 1.24 bits per heavy atom. The topological polar surface area (TPSA) is 37.8 Å². The number of anilines is 1. The first-order chi connectivity index (χ1) is 10.3. The van der Waals surface area contributed by atoms with E-state index in [2.05, 4.69) is 22.2 Å². The minimum atomic E-state index is -0.209. The normalized spacial score (nSPS) is 13.2. The van der Waals surface area contributed by atoms with Gasteiger partial charge in [0, 0.05) is 28.5 Å². The molecule has 0 fully saturated rings. The standard InChI is InChI=1S/C15H16FN3S2/c1-2-17-15-12-7-20-8-13(12)18-14(19-15)9-21-11-5-3-10(16)4-6-11/h3-6H,2,7-9H2,1H3,(H,17,18,19). The summed E-state index contributed by atoms with van der Waals surface area (Å²) in [7, 11) is 0. The number of nitrogens with one attached hydrogen (secondary N) is 1. The third kappa shape index (κ3) is 3.49. The van der Waals surface area contributed by atoms with Crippen molar-refractivity contribution < 1.29 is 4.39 Å². The summed E-state index contributed by atoms with van der Waals surface area (Å²) in [5, 5.41) is 3.33. The van der Waals surface area contributed by atoms with Crippen molar-refractivity contribution in [1.82, 2.24) is 9.97 Å². The number of thioether (sulfide) groups is 2. The molecule has 0 radical (unpaired) electrons. The first kappa shape index (κ1) is 14.7. The maximum absolute atomic E-state index is 12.9. The molecule has 0 saturated heterocycles. The molecule has 0 saturated carbocycles. The van der Waals surface area contributed by atoms with Gasteiger partial charge in [-0.3, -0.25) is 0 Å². The van der Waals surface area contributed by atoms with Crippen molar-refractivity contribution >= 4 is 29.3 Å². The van der Waals surface area contributed by atoms with Crippen LogP contribution in [0.25, 0.3) is 0 Å². The van der Waals surface area contributed by atoms with E-state index in [4.69, 9.17) is 0 Å². The van der Waals surface area contributed by atoms with E-state index in [0.29, 0.717) is 5.75 Å². The average molecular weight is 321 g/mol. The highest BCUT2D eigenvalue weighted by atomic mass is 32.2. The lowest BCUT2D eigenvalue weighted by molar-refractivity contribution is 0.626. The second-order valence-corrected chi connectivity index (χ2v) is 6.71. The van der Waals surface area contributed by atoms with Gasteiger partial charge in [0.25, 0.3) is 0 Å². The molecule has 0 aliphatic carbocycles. The number of fused-ring (bicyclic) bond motifs is 1. The first-order valence-electron chi connectivity index (χ1n) is 6.85. The molecule has 3 rings (SSSR count). The van der Waals surface area contributed by atoms with Crippen molar-refractivity contribution in [1.29, 1.82) is 0 Å². The van der Waals surface area contributed by atoms with Crippen molar-refractivity contribution in [3.8, 4) is 0 Å². The number of aromatic nitrogens is 2. The molecule has 1 aromatic carbocycles. The molecule has 1 aromatic heterocycles. The van der Waals surface area contributed by atoms with Gasteiger partial charge in [-0.2, -0.15) is 11.8 Å². The van der Waals surface area contributed by atoms with Crippen LogP contribution in [0.2, 0.25) is 0 Å². The van der Waals surface area contributed by atoms with E-state index in [1.54, 1.807) is 23.9 Å². The van der Waals surface area contributed by atoms with Crippen LogP contribution in [0.4, 0.5) is 10.2 Å². The minimum absolute atomic E-state index is 0.209. The number of rotatable bonds is 5. The Kier molecular flexibility index (Phi) is 4.65. The van der Waals surface area contributed by atoms with Crippen molar-refractivity contribution in [3.05, 3.63) is 47.2 Å². The summed E-state index contributed by atoms with van der Waals surface area (Å²) in [5.74, 6) is 4.25. The van der Waals surface area contributed by atoms with Crippen molar-refractivity contribution in [2.45, 2.75) is 29.1 Å². The summed E-state index contributed by atoms with van der Waals surface area (Å²) in [6.45, 7) is 2.93. The Balaban J connectivity index is 1.76. The molecule has 0 amide bonds. The van der Waals surface area contributed by atoms with Crippen LogP contribution < -0.4 is 5.32 Å². The number of hydrogen-bond donors (Lipinski definition) is 1. The van der Waals surface area contributed by atoms with Gasteiger partial charge in [0.05, 0.1) is 11.4 Å². The van der Waals surface area contributed by atoms with Crippen molar-refractivity contribution in [2.75, 3.05) is 11.9 Å². The fourth-order valence-corrected chi connectivity index (χ4v) is 3.95. The van der Waals surface area contributed by atoms with Crippen molar-refractivity contribution in [2.24, 2.45) is 0 Å². The molecule has 3 nitrogen and oxygen atoms in total. The Morgan fingerprint density at radius 2 is 2.05 bits per heavy atom. The van der Waals surface area contributed by atoms with E-state index in [-0.39, 0.29) is 5.82 Å². The highest BCUT2D eigenvalue weighted by Crippen LogP contribution is 2.33. The van der Waals surface area contributed by atoms with Gasteiger partial charge >= 0.3 is 0 Å². The van der Waals surface area contributed by atoms with Gasteiger partial charge in [0.15, 0.2) is 0 Å². The molecule has 2 aromatic rings. The third-order valence-corrected chi connectivity index (χ3v) is 5.13. The minimum Gasteiger partial charge on any atom is -0.370 e. The molecule has 110 valence electrons. The van der Waals surface area contributed by atoms with Crippen LogP contribution in [0.1, 0.15) is 24.0 Å². The highest BCUT2D eigenvalue weighted by molar-refractivity contribution is 7.98. The third-order valence-electron chi connectivity index (χ3n) is 3.15. The van der Waals surface area contributed by atoms with E-state index in [9.17, 15) is 4.39 Å². The zero-order valence-corrected chi connectivity index (χ0v) is 13.4. The molecule has 1 aliphatic rings. The molecule has 0 bridgehead atoms. The summed E-state index contributed by atoms with van der Waals surface area (Å²) in [4.78, 5) is 10.3. The summed E-state index contributed by atoms with van der Waals surface area (Å²) >= 11 is 3.50. The van der Waals surface area contributed by atoms with Gasteiger partial charge in [-0.25, -0.2) is 14.4 Å². The molecule has 0 unspecified atom stereocenters. The Labute approximate surface area is 132 Å². The smallest absolute Gasteiger partial charge is 0.141 e. The molecule has 6 heteroatoms. The van der Waals surface area contributed by atoms with Crippen molar-refractivity contribution in [3.63, 3.8) is 0 Å². The zero-order valence-electron chi connectivity index (χ0n) is 11.7. The predicted molar refractivity (Wildman–Crippen MR) is 87.2 cm³/mol. The molecular formula is C15H16FN3S2. The van der Waals surface area contributed by atoms with Crippen LogP contribution in [0.5, 0.6) is 0 Å². The monoisotopic (exact) mass is 321 g/mol. The van der Waals surface area contributed by atoms with E-state index in [1.165, 1.54) is 17.7 Å². The van der Waals surface area contributed by atoms with Crippen LogP contribution in [-0.2, 0) is 17.3 Å². The molecule has 0 atom stereocenters. The summed E-state index contributed by atoms with van der Waals surface area (Å²) < 4.78 is 12.9. The molecule has 1 N–H and O–H groups in total. The number of benzene rings is 1. The lowest BCUT2D eigenvalue weighted by Gasteiger charge is -2.10. The Bertz CT molecular complexity index is 632. The van der Waals surface area contributed by atoms with Gasteiger partial charge in [-0.05, 0) is 31.2 Å². The molecule has 1 aliphatic heterocycles. The molecule has 21 heavy (non-hydrogen) atoms. The maximum Gasteiger partial charge on any atom is 0.141 e. The van der Waals surface area contributed by atoms with Crippen LogP contribution in [0.3, 0.4) is 0 Å². The Hall–Kier alpha value is -1.27. The average Bonchev–Trinajstić information content (AvgIpc) is 2.96. The second kappa shape index (κ2) is 6.66. The quantitative estimate of drug-likeness (QED) is 0.840.